The van der Waals surface area contributed by atoms with Crippen LogP contribution in [0.4, 0.5) is 0 Å². The first-order valence-electron chi connectivity index (χ1n) is 8.74. The molecule has 2 fully saturated rings. The molecule has 0 radical (unpaired) electrons. The van der Waals surface area contributed by atoms with Gasteiger partial charge in [0.2, 0.25) is 0 Å². The number of thiophene rings is 1. The SMILES string of the molecule is Cn1ccnc1CN1CCOCC2(CCN(Cc3cccs3)C2)C1. The minimum atomic E-state index is 0.277. The summed E-state index contributed by atoms with van der Waals surface area (Å²) < 4.78 is 8.12. The molecule has 2 aliphatic rings. The molecule has 0 saturated carbocycles. The van der Waals surface area contributed by atoms with E-state index in [9.17, 15) is 0 Å². The molecule has 0 aliphatic carbocycles. The lowest BCUT2D eigenvalue weighted by atomic mass is 9.87. The fourth-order valence-corrected chi connectivity index (χ4v) is 4.74. The predicted molar refractivity (Wildman–Crippen MR) is 96.0 cm³/mol. The molecule has 2 aromatic rings. The third-order valence-corrected chi connectivity index (χ3v) is 6.14. The Morgan fingerprint density at radius 2 is 2.12 bits per heavy atom. The van der Waals surface area contributed by atoms with Crippen molar-refractivity contribution in [3.05, 3.63) is 40.6 Å². The first-order valence-corrected chi connectivity index (χ1v) is 9.62. The van der Waals surface area contributed by atoms with Crippen molar-refractivity contribution < 1.29 is 4.74 Å². The van der Waals surface area contributed by atoms with E-state index in [1.165, 1.54) is 17.8 Å². The van der Waals surface area contributed by atoms with E-state index in [4.69, 9.17) is 4.74 Å². The fraction of sp³-hybridized carbons (Fsp3) is 0.611. The highest BCUT2D eigenvalue weighted by atomic mass is 32.1. The van der Waals surface area contributed by atoms with Crippen LogP contribution in [0.1, 0.15) is 17.1 Å². The van der Waals surface area contributed by atoms with E-state index < -0.39 is 0 Å². The van der Waals surface area contributed by atoms with Crippen molar-refractivity contribution in [3.63, 3.8) is 0 Å². The minimum absolute atomic E-state index is 0.277. The number of aromatic nitrogens is 2. The maximum absolute atomic E-state index is 6.00. The van der Waals surface area contributed by atoms with Crippen molar-refractivity contribution in [2.24, 2.45) is 12.5 Å². The van der Waals surface area contributed by atoms with Crippen LogP contribution < -0.4 is 0 Å². The third-order valence-electron chi connectivity index (χ3n) is 5.28. The lowest BCUT2D eigenvalue weighted by molar-refractivity contribution is 0.0706. The molecular formula is C18H26N4OS. The Morgan fingerprint density at radius 1 is 1.25 bits per heavy atom. The van der Waals surface area contributed by atoms with Crippen molar-refractivity contribution in [1.82, 2.24) is 19.4 Å². The molecule has 4 heterocycles. The maximum atomic E-state index is 6.00. The summed E-state index contributed by atoms with van der Waals surface area (Å²) in [7, 11) is 2.07. The van der Waals surface area contributed by atoms with Crippen LogP contribution in [0.2, 0.25) is 0 Å². The Morgan fingerprint density at radius 3 is 2.88 bits per heavy atom. The van der Waals surface area contributed by atoms with Crippen LogP contribution in [0.15, 0.2) is 29.9 Å². The first kappa shape index (κ1) is 16.3. The lowest BCUT2D eigenvalue weighted by Crippen LogP contribution is -2.40. The third kappa shape index (κ3) is 3.57. The molecule has 24 heavy (non-hydrogen) atoms. The zero-order valence-electron chi connectivity index (χ0n) is 14.4. The van der Waals surface area contributed by atoms with Crippen molar-refractivity contribution in [2.45, 2.75) is 19.5 Å². The van der Waals surface area contributed by atoms with Gasteiger partial charge in [-0.2, -0.15) is 0 Å². The number of nitrogens with zero attached hydrogens (tertiary/aromatic N) is 4. The molecule has 1 unspecified atom stereocenters. The van der Waals surface area contributed by atoms with Gasteiger partial charge in [0, 0.05) is 55.9 Å². The number of ether oxygens (including phenoxy) is 1. The quantitative estimate of drug-likeness (QED) is 0.850. The fourth-order valence-electron chi connectivity index (χ4n) is 4.00. The van der Waals surface area contributed by atoms with E-state index in [1.54, 1.807) is 0 Å². The average molecular weight is 347 g/mol. The number of likely N-dealkylation sites (tertiary alicyclic amines) is 1. The van der Waals surface area contributed by atoms with Gasteiger partial charge in [-0.05, 0) is 24.4 Å². The van der Waals surface area contributed by atoms with Gasteiger partial charge in [-0.15, -0.1) is 11.3 Å². The van der Waals surface area contributed by atoms with E-state index in [-0.39, 0.29) is 5.41 Å². The molecule has 0 amide bonds. The van der Waals surface area contributed by atoms with E-state index >= 15 is 0 Å². The second-order valence-corrected chi connectivity index (χ2v) is 8.29. The van der Waals surface area contributed by atoms with Crippen LogP contribution >= 0.6 is 11.3 Å². The topological polar surface area (TPSA) is 33.5 Å². The predicted octanol–water partition coefficient (Wildman–Crippen LogP) is 2.21. The summed E-state index contributed by atoms with van der Waals surface area (Å²) in [5.74, 6) is 1.14. The monoisotopic (exact) mass is 346 g/mol. The number of hydrogen-bond donors (Lipinski definition) is 0. The Kier molecular flexibility index (Phi) is 4.72. The molecule has 0 aromatic carbocycles. The molecule has 4 rings (SSSR count). The zero-order chi connectivity index (χ0) is 16.4. The normalized spacial score (nSPS) is 26.2. The number of aryl methyl sites for hydroxylation is 1. The Hall–Kier alpha value is -1.21. The van der Waals surface area contributed by atoms with Crippen LogP contribution in [0.25, 0.3) is 0 Å². The summed E-state index contributed by atoms with van der Waals surface area (Å²) in [6.45, 7) is 8.15. The second-order valence-electron chi connectivity index (χ2n) is 7.26. The Bertz CT molecular complexity index is 656. The van der Waals surface area contributed by atoms with Crippen LogP contribution in [-0.4, -0.2) is 58.7 Å². The van der Waals surface area contributed by atoms with E-state index in [1.807, 2.05) is 23.7 Å². The molecule has 130 valence electrons. The highest BCUT2D eigenvalue weighted by Gasteiger charge is 2.41. The van der Waals surface area contributed by atoms with Gasteiger partial charge < -0.3 is 9.30 Å². The van der Waals surface area contributed by atoms with Crippen LogP contribution in [0.5, 0.6) is 0 Å². The lowest BCUT2D eigenvalue weighted by Gasteiger charge is -2.31. The maximum Gasteiger partial charge on any atom is 0.122 e. The van der Waals surface area contributed by atoms with Gasteiger partial charge in [0.05, 0.1) is 19.8 Å². The van der Waals surface area contributed by atoms with E-state index in [2.05, 4.69) is 43.9 Å². The molecule has 2 saturated heterocycles. The van der Waals surface area contributed by atoms with Gasteiger partial charge >= 0.3 is 0 Å². The highest BCUT2D eigenvalue weighted by molar-refractivity contribution is 7.09. The molecule has 1 atom stereocenters. The molecule has 2 aliphatic heterocycles. The Labute approximate surface area is 147 Å². The molecule has 1 spiro atoms. The van der Waals surface area contributed by atoms with Gasteiger partial charge in [-0.25, -0.2) is 4.98 Å². The van der Waals surface area contributed by atoms with Crippen molar-refractivity contribution in [1.29, 1.82) is 0 Å². The second kappa shape index (κ2) is 6.96. The summed E-state index contributed by atoms with van der Waals surface area (Å²) in [6.07, 6.45) is 5.14. The van der Waals surface area contributed by atoms with Gasteiger partial charge in [-0.1, -0.05) is 6.07 Å². The van der Waals surface area contributed by atoms with Crippen molar-refractivity contribution >= 4 is 11.3 Å². The zero-order valence-corrected chi connectivity index (χ0v) is 15.2. The molecule has 5 nitrogen and oxygen atoms in total. The smallest absolute Gasteiger partial charge is 0.122 e. The highest BCUT2D eigenvalue weighted by Crippen LogP contribution is 2.34. The molecule has 2 aromatic heterocycles. The van der Waals surface area contributed by atoms with Gasteiger partial charge in [0.1, 0.15) is 5.82 Å². The first-order chi connectivity index (χ1) is 11.7. The summed E-state index contributed by atoms with van der Waals surface area (Å²) in [4.78, 5) is 11.1. The average Bonchev–Trinajstić information content (AvgIpc) is 3.26. The minimum Gasteiger partial charge on any atom is -0.379 e. The summed E-state index contributed by atoms with van der Waals surface area (Å²) in [6, 6.07) is 4.39. The van der Waals surface area contributed by atoms with Crippen LogP contribution in [-0.2, 0) is 24.9 Å². The number of rotatable bonds is 4. The van der Waals surface area contributed by atoms with E-state index in [0.717, 1.165) is 51.8 Å². The molecule has 6 heteroatoms. The largest absolute Gasteiger partial charge is 0.379 e. The van der Waals surface area contributed by atoms with E-state index in [0.29, 0.717) is 0 Å². The van der Waals surface area contributed by atoms with Gasteiger partial charge in [0.25, 0.3) is 0 Å². The van der Waals surface area contributed by atoms with Crippen LogP contribution in [0, 0.1) is 5.41 Å². The number of imidazole rings is 1. The Balaban J connectivity index is 1.41. The van der Waals surface area contributed by atoms with Gasteiger partial charge in [0.15, 0.2) is 0 Å². The van der Waals surface area contributed by atoms with Crippen molar-refractivity contribution in [2.75, 3.05) is 39.4 Å². The molecular weight excluding hydrogens is 320 g/mol. The summed E-state index contributed by atoms with van der Waals surface area (Å²) >= 11 is 1.86. The molecule has 0 N–H and O–H groups in total. The van der Waals surface area contributed by atoms with Gasteiger partial charge in [-0.3, -0.25) is 9.80 Å². The van der Waals surface area contributed by atoms with Crippen LogP contribution in [0.3, 0.4) is 0 Å². The summed E-state index contributed by atoms with van der Waals surface area (Å²) in [5.41, 5.74) is 0.277. The van der Waals surface area contributed by atoms with Crippen molar-refractivity contribution in [3.8, 4) is 0 Å². The standard InChI is InChI=1S/C18H26N4OS/c1-20-7-5-19-17(20)12-22-8-9-23-15-18(14-22)4-6-21(13-18)11-16-3-2-10-24-16/h2-3,5,7,10H,4,6,8-9,11-15H2,1H3. The summed E-state index contributed by atoms with van der Waals surface area (Å²) in [5, 5.41) is 2.17. The number of hydrogen-bond acceptors (Lipinski definition) is 5. The molecule has 0 bridgehead atoms.